The topological polar surface area (TPSA) is 93.3 Å². The third-order valence-electron chi connectivity index (χ3n) is 6.05. The number of rotatable bonds is 7. The Labute approximate surface area is 181 Å². The van der Waals surface area contributed by atoms with Gasteiger partial charge in [-0.25, -0.2) is 4.68 Å². The number of likely N-dealkylation sites (tertiary alicyclic amines) is 1. The van der Waals surface area contributed by atoms with Crippen LogP contribution in [0.1, 0.15) is 29.9 Å². The standard InChI is InChI=1S/C23H29N5O3/c1-16-21-17(2)31-26-22(21)23(30)28(25-16)15-20(29)24-10-13-27-11-8-19(9-12-27)14-18-6-4-3-5-7-18/h3-7,19H,8-15H2,1-2H3,(H,24,29). The number of aromatic nitrogens is 3. The van der Waals surface area contributed by atoms with Crippen molar-refractivity contribution in [3.63, 3.8) is 0 Å². The molecule has 3 aromatic rings. The van der Waals surface area contributed by atoms with Gasteiger partial charge < -0.3 is 14.7 Å². The summed E-state index contributed by atoms with van der Waals surface area (Å²) in [4.78, 5) is 27.2. The average Bonchev–Trinajstić information content (AvgIpc) is 3.16. The van der Waals surface area contributed by atoms with E-state index in [0.29, 0.717) is 23.4 Å². The number of piperidine rings is 1. The number of carbonyl (C=O) groups is 1. The Kier molecular flexibility index (Phi) is 6.46. The van der Waals surface area contributed by atoms with Gasteiger partial charge in [0, 0.05) is 13.1 Å². The Morgan fingerprint density at radius 3 is 2.68 bits per heavy atom. The molecule has 0 unspecified atom stereocenters. The molecule has 4 rings (SSSR count). The van der Waals surface area contributed by atoms with E-state index in [4.69, 9.17) is 4.52 Å². The molecule has 8 heteroatoms. The molecule has 2 aromatic heterocycles. The molecule has 1 saturated heterocycles. The monoisotopic (exact) mass is 423 g/mol. The van der Waals surface area contributed by atoms with Crippen LogP contribution in [0, 0.1) is 19.8 Å². The fourth-order valence-corrected chi connectivity index (χ4v) is 4.36. The quantitative estimate of drug-likeness (QED) is 0.625. The van der Waals surface area contributed by atoms with Crippen LogP contribution >= 0.6 is 0 Å². The number of nitrogens with one attached hydrogen (secondary N) is 1. The summed E-state index contributed by atoms with van der Waals surface area (Å²) in [5.41, 5.74) is 1.84. The van der Waals surface area contributed by atoms with Gasteiger partial charge in [-0.1, -0.05) is 35.5 Å². The van der Waals surface area contributed by atoms with Crippen molar-refractivity contribution in [1.82, 2.24) is 25.2 Å². The van der Waals surface area contributed by atoms with Crippen LogP contribution in [0.25, 0.3) is 10.9 Å². The second-order valence-corrected chi connectivity index (χ2v) is 8.34. The zero-order chi connectivity index (χ0) is 21.8. The smallest absolute Gasteiger partial charge is 0.297 e. The molecule has 0 bridgehead atoms. The van der Waals surface area contributed by atoms with Crippen LogP contribution in [0.4, 0.5) is 0 Å². The Morgan fingerprint density at radius 1 is 1.19 bits per heavy atom. The summed E-state index contributed by atoms with van der Waals surface area (Å²) in [7, 11) is 0. The predicted molar refractivity (Wildman–Crippen MR) is 118 cm³/mol. The largest absolute Gasteiger partial charge is 0.360 e. The van der Waals surface area contributed by atoms with Crippen molar-refractivity contribution in [1.29, 1.82) is 0 Å². The first-order valence-corrected chi connectivity index (χ1v) is 10.9. The van der Waals surface area contributed by atoms with E-state index >= 15 is 0 Å². The zero-order valence-corrected chi connectivity index (χ0v) is 18.1. The molecule has 0 radical (unpaired) electrons. The summed E-state index contributed by atoms with van der Waals surface area (Å²) in [6.07, 6.45) is 3.50. The normalized spacial score (nSPS) is 15.4. The summed E-state index contributed by atoms with van der Waals surface area (Å²) >= 11 is 0. The second kappa shape index (κ2) is 9.43. The molecular weight excluding hydrogens is 394 g/mol. The molecule has 8 nitrogen and oxygen atoms in total. The first-order chi connectivity index (χ1) is 15.0. The number of hydrogen-bond donors (Lipinski definition) is 1. The molecule has 1 fully saturated rings. The van der Waals surface area contributed by atoms with Gasteiger partial charge in [0.1, 0.15) is 12.3 Å². The van der Waals surface area contributed by atoms with Gasteiger partial charge >= 0.3 is 0 Å². The molecule has 1 amide bonds. The Hall–Kier alpha value is -3.00. The maximum atomic E-state index is 12.5. The Balaban J connectivity index is 1.22. The third kappa shape index (κ3) is 5.02. The van der Waals surface area contributed by atoms with Crippen LogP contribution in [0.3, 0.4) is 0 Å². The van der Waals surface area contributed by atoms with E-state index in [1.54, 1.807) is 13.8 Å². The van der Waals surface area contributed by atoms with Crippen LogP contribution in [0.2, 0.25) is 0 Å². The van der Waals surface area contributed by atoms with Crippen molar-refractivity contribution in [2.45, 2.75) is 39.7 Å². The number of fused-ring (bicyclic) bond motifs is 1. The lowest BCUT2D eigenvalue weighted by atomic mass is 9.90. The lowest BCUT2D eigenvalue weighted by Gasteiger charge is -2.32. The van der Waals surface area contributed by atoms with E-state index in [1.807, 2.05) is 0 Å². The molecule has 1 aliphatic heterocycles. The van der Waals surface area contributed by atoms with Crippen molar-refractivity contribution in [2.75, 3.05) is 26.2 Å². The van der Waals surface area contributed by atoms with Crippen molar-refractivity contribution >= 4 is 16.8 Å². The van der Waals surface area contributed by atoms with Crippen LogP contribution < -0.4 is 10.9 Å². The van der Waals surface area contributed by atoms with E-state index in [-0.39, 0.29) is 18.0 Å². The Morgan fingerprint density at radius 2 is 1.94 bits per heavy atom. The SMILES string of the molecule is Cc1nn(CC(=O)NCCN2CCC(Cc3ccccc3)CC2)c(=O)c2noc(C)c12. The highest BCUT2D eigenvalue weighted by atomic mass is 16.5. The van der Waals surface area contributed by atoms with E-state index in [9.17, 15) is 9.59 Å². The highest BCUT2D eigenvalue weighted by Gasteiger charge is 2.20. The van der Waals surface area contributed by atoms with Crippen molar-refractivity contribution in [2.24, 2.45) is 5.92 Å². The van der Waals surface area contributed by atoms with Gasteiger partial charge in [-0.3, -0.25) is 9.59 Å². The molecule has 3 heterocycles. The maximum Gasteiger partial charge on any atom is 0.297 e. The molecule has 0 spiro atoms. The van der Waals surface area contributed by atoms with E-state index in [1.165, 1.54) is 18.4 Å². The van der Waals surface area contributed by atoms with E-state index in [2.05, 4.69) is 50.8 Å². The van der Waals surface area contributed by atoms with E-state index in [0.717, 1.165) is 36.7 Å². The number of carbonyl (C=O) groups excluding carboxylic acids is 1. The number of benzene rings is 1. The molecule has 31 heavy (non-hydrogen) atoms. The van der Waals surface area contributed by atoms with Gasteiger partial charge in [0.25, 0.3) is 5.56 Å². The minimum absolute atomic E-state index is 0.124. The van der Waals surface area contributed by atoms with Gasteiger partial charge in [-0.15, -0.1) is 0 Å². The second-order valence-electron chi connectivity index (χ2n) is 8.34. The zero-order valence-electron chi connectivity index (χ0n) is 18.1. The first kappa shape index (κ1) is 21.2. The van der Waals surface area contributed by atoms with Crippen molar-refractivity contribution in [3.05, 3.63) is 57.7 Å². The van der Waals surface area contributed by atoms with Crippen LogP contribution in [-0.2, 0) is 17.8 Å². The summed E-state index contributed by atoms with van der Waals surface area (Å²) < 4.78 is 6.26. The molecule has 1 aromatic carbocycles. The number of amides is 1. The van der Waals surface area contributed by atoms with Gasteiger partial charge in [-0.05, 0) is 57.7 Å². The van der Waals surface area contributed by atoms with Gasteiger partial charge in [0.15, 0.2) is 5.52 Å². The number of aryl methyl sites for hydroxylation is 2. The molecular formula is C23H29N5O3. The summed E-state index contributed by atoms with van der Waals surface area (Å²) in [5, 5.41) is 11.6. The molecule has 0 atom stereocenters. The molecule has 164 valence electrons. The molecule has 0 aliphatic carbocycles. The molecule has 1 N–H and O–H groups in total. The highest BCUT2D eigenvalue weighted by Crippen LogP contribution is 2.21. The fraction of sp³-hybridized carbons (Fsp3) is 0.478. The van der Waals surface area contributed by atoms with Crippen molar-refractivity contribution in [3.8, 4) is 0 Å². The minimum atomic E-state index is -0.409. The van der Waals surface area contributed by atoms with Gasteiger partial charge in [0.05, 0.1) is 11.1 Å². The first-order valence-electron chi connectivity index (χ1n) is 10.9. The average molecular weight is 424 g/mol. The third-order valence-corrected chi connectivity index (χ3v) is 6.05. The Bertz CT molecular complexity index is 1100. The lowest BCUT2D eigenvalue weighted by Crippen LogP contribution is -2.41. The predicted octanol–water partition coefficient (Wildman–Crippen LogP) is 2.07. The molecule has 1 aliphatic rings. The van der Waals surface area contributed by atoms with E-state index < -0.39 is 5.56 Å². The number of hydrogen-bond acceptors (Lipinski definition) is 6. The minimum Gasteiger partial charge on any atom is -0.360 e. The lowest BCUT2D eigenvalue weighted by molar-refractivity contribution is -0.122. The van der Waals surface area contributed by atoms with Crippen molar-refractivity contribution < 1.29 is 9.32 Å². The fourth-order valence-electron chi connectivity index (χ4n) is 4.36. The summed E-state index contributed by atoms with van der Waals surface area (Å²) in [6.45, 7) is 6.87. The van der Waals surface area contributed by atoms with Gasteiger partial charge in [0.2, 0.25) is 5.91 Å². The van der Waals surface area contributed by atoms with Crippen LogP contribution in [-0.4, -0.2) is 51.9 Å². The highest BCUT2D eigenvalue weighted by molar-refractivity contribution is 5.82. The molecule has 0 saturated carbocycles. The summed E-state index contributed by atoms with van der Waals surface area (Å²) in [6, 6.07) is 10.7. The number of nitrogens with zero attached hydrogens (tertiary/aromatic N) is 4. The van der Waals surface area contributed by atoms with Crippen LogP contribution in [0.15, 0.2) is 39.6 Å². The van der Waals surface area contributed by atoms with Gasteiger partial charge in [-0.2, -0.15) is 5.10 Å². The summed E-state index contributed by atoms with van der Waals surface area (Å²) in [5.74, 6) is 1.05. The van der Waals surface area contributed by atoms with Crippen LogP contribution in [0.5, 0.6) is 0 Å². The maximum absolute atomic E-state index is 12.5.